The van der Waals surface area contributed by atoms with Gasteiger partial charge >= 0.3 is 0 Å². The molecule has 9 aromatic rings. The molecule has 7 aromatic carbocycles. The lowest BCUT2D eigenvalue weighted by molar-refractivity contribution is 0.666. The van der Waals surface area contributed by atoms with Crippen molar-refractivity contribution in [3.05, 3.63) is 180 Å². The predicted octanol–water partition coefficient (Wildman–Crippen LogP) is 11.5. The smallest absolute Gasteiger partial charge is 0.143 e. The molecule has 1 aliphatic rings. The lowest BCUT2D eigenvalue weighted by Crippen LogP contribution is -2.28. The van der Waals surface area contributed by atoms with E-state index in [1.54, 1.807) is 0 Å². The minimum absolute atomic E-state index is 0.455. The highest BCUT2D eigenvalue weighted by Gasteiger charge is 2.46. The Balaban J connectivity index is 1.23. The van der Waals surface area contributed by atoms with Crippen LogP contribution in [0.2, 0.25) is 0 Å². The summed E-state index contributed by atoms with van der Waals surface area (Å²) < 4.78 is 13.1. The van der Waals surface area contributed by atoms with Gasteiger partial charge in [-0.15, -0.1) is 0 Å². The predicted molar refractivity (Wildman–Crippen MR) is 184 cm³/mol. The maximum atomic E-state index is 6.74. The van der Waals surface area contributed by atoms with Gasteiger partial charge in [0.05, 0.1) is 5.41 Å². The van der Waals surface area contributed by atoms with Crippen molar-refractivity contribution in [3.8, 4) is 22.3 Å². The van der Waals surface area contributed by atoms with Gasteiger partial charge in [0, 0.05) is 27.1 Å². The first-order chi connectivity index (χ1) is 22.3. The van der Waals surface area contributed by atoms with Crippen molar-refractivity contribution in [1.82, 2.24) is 0 Å². The zero-order valence-electron chi connectivity index (χ0n) is 24.3. The fourth-order valence-corrected chi connectivity index (χ4v) is 7.85. The summed E-state index contributed by atoms with van der Waals surface area (Å²) in [6.07, 6.45) is 0. The fourth-order valence-electron chi connectivity index (χ4n) is 7.85. The van der Waals surface area contributed by atoms with E-state index < -0.39 is 5.41 Å². The summed E-state index contributed by atoms with van der Waals surface area (Å²) in [6.45, 7) is 0. The molecule has 210 valence electrons. The standard InChI is InChI=1S/C43H26O2/c1-3-12-28(13-4-1)43(29-14-5-2-6-15-29)37-20-9-7-16-31(37)35-25-36-33-23-22-27(24-40(33)44-41(36)26-38(35)43)30-18-11-19-34-32-17-8-10-21-39(32)45-42(30)34/h1-26H. The molecule has 0 saturated heterocycles. The second-order valence-corrected chi connectivity index (χ2v) is 12.0. The third-order valence-electron chi connectivity index (χ3n) is 9.77. The van der Waals surface area contributed by atoms with E-state index in [9.17, 15) is 0 Å². The molecule has 0 fully saturated rings. The lowest BCUT2D eigenvalue weighted by atomic mass is 9.67. The highest BCUT2D eigenvalue weighted by Crippen LogP contribution is 2.57. The molecule has 0 spiro atoms. The zero-order valence-corrected chi connectivity index (χ0v) is 24.3. The minimum atomic E-state index is -0.455. The number of hydrogen-bond donors (Lipinski definition) is 0. The van der Waals surface area contributed by atoms with Crippen LogP contribution in [0.4, 0.5) is 0 Å². The van der Waals surface area contributed by atoms with Crippen LogP contribution in [0.25, 0.3) is 66.1 Å². The maximum absolute atomic E-state index is 6.74. The second kappa shape index (κ2) is 9.07. The summed E-state index contributed by atoms with van der Waals surface area (Å²) in [5.41, 5.74) is 12.8. The van der Waals surface area contributed by atoms with Gasteiger partial charge in [0.25, 0.3) is 0 Å². The summed E-state index contributed by atoms with van der Waals surface area (Å²) in [7, 11) is 0. The van der Waals surface area contributed by atoms with Gasteiger partial charge in [-0.2, -0.15) is 0 Å². The SMILES string of the molecule is c1ccc(C2(c3ccccc3)c3ccccc3-c3cc4c(cc32)oc2cc(-c3cccc5c3oc3ccccc35)ccc24)cc1. The van der Waals surface area contributed by atoms with Crippen LogP contribution in [0.3, 0.4) is 0 Å². The highest BCUT2D eigenvalue weighted by molar-refractivity contribution is 6.12. The van der Waals surface area contributed by atoms with Crippen molar-refractivity contribution >= 4 is 43.9 Å². The van der Waals surface area contributed by atoms with Crippen molar-refractivity contribution in [2.24, 2.45) is 0 Å². The molecule has 2 heterocycles. The lowest BCUT2D eigenvalue weighted by Gasteiger charge is -2.33. The maximum Gasteiger partial charge on any atom is 0.143 e. The first-order valence-corrected chi connectivity index (χ1v) is 15.4. The Hall–Kier alpha value is -5.86. The molecule has 0 atom stereocenters. The fraction of sp³-hybridized carbons (Fsp3) is 0.0233. The average molecular weight is 575 g/mol. The van der Waals surface area contributed by atoms with Gasteiger partial charge in [-0.1, -0.05) is 127 Å². The minimum Gasteiger partial charge on any atom is -0.456 e. The van der Waals surface area contributed by atoms with E-state index in [0.29, 0.717) is 0 Å². The quantitative estimate of drug-likeness (QED) is 0.210. The van der Waals surface area contributed by atoms with E-state index in [-0.39, 0.29) is 0 Å². The molecular weight excluding hydrogens is 548 g/mol. The summed E-state index contributed by atoms with van der Waals surface area (Å²) in [5.74, 6) is 0. The Morgan fingerprint density at radius 3 is 1.82 bits per heavy atom. The third kappa shape index (κ3) is 3.29. The van der Waals surface area contributed by atoms with Crippen LogP contribution in [0, 0.1) is 0 Å². The van der Waals surface area contributed by atoms with E-state index in [1.807, 2.05) is 12.1 Å². The first kappa shape index (κ1) is 24.6. The highest BCUT2D eigenvalue weighted by atomic mass is 16.3. The normalized spacial score (nSPS) is 13.5. The number of rotatable bonds is 3. The van der Waals surface area contributed by atoms with E-state index in [4.69, 9.17) is 8.83 Å². The van der Waals surface area contributed by atoms with E-state index in [0.717, 1.165) is 55.0 Å². The molecule has 0 N–H and O–H groups in total. The summed E-state index contributed by atoms with van der Waals surface area (Å²) in [4.78, 5) is 0. The second-order valence-electron chi connectivity index (χ2n) is 12.0. The van der Waals surface area contributed by atoms with Crippen LogP contribution in [0.1, 0.15) is 22.3 Å². The zero-order chi connectivity index (χ0) is 29.5. The van der Waals surface area contributed by atoms with Crippen LogP contribution in [0.5, 0.6) is 0 Å². The van der Waals surface area contributed by atoms with Crippen LogP contribution in [0.15, 0.2) is 167 Å². The third-order valence-corrected chi connectivity index (χ3v) is 9.77. The Kier molecular flexibility index (Phi) is 4.95. The van der Waals surface area contributed by atoms with Gasteiger partial charge in [-0.05, 0) is 69.3 Å². The number of fused-ring (bicyclic) bond motifs is 9. The molecule has 45 heavy (non-hydrogen) atoms. The van der Waals surface area contributed by atoms with Crippen molar-refractivity contribution in [2.45, 2.75) is 5.41 Å². The largest absolute Gasteiger partial charge is 0.456 e. The number of hydrogen-bond acceptors (Lipinski definition) is 2. The van der Waals surface area contributed by atoms with Crippen molar-refractivity contribution in [2.75, 3.05) is 0 Å². The number of benzene rings is 7. The van der Waals surface area contributed by atoms with Crippen LogP contribution >= 0.6 is 0 Å². The molecule has 2 aromatic heterocycles. The molecule has 0 bridgehead atoms. The first-order valence-electron chi connectivity index (χ1n) is 15.4. The molecule has 1 aliphatic carbocycles. The van der Waals surface area contributed by atoms with Crippen LogP contribution < -0.4 is 0 Å². The number of furan rings is 2. The average Bonchev–Trinajstić information content (AvgIpc) is 3.75. The molecule has 10 rings (SSSR count). The van der Waals surface area contributed by atoms with E-state index in [2.05, 4.69) is 146 Å². The summed E-state index contributed by atoms with van der Waals surface area (Å²) in [5, 5.41) is 4.50. The van der Waals surface area contributed by atoms with Crippen molar-refractivity contribution in [3.63, 3.8) is 0 Å². The Labute approximate surface area is 259 Å². The van der Waals surface area contributed by atoms with Crippen LogP contribution in [-0.2, 0) is 5.41 Å². The van der Waals surface area contributed by atoms with Crippen LogP contribution in [-0.4, -0.2) is 0 Å². The Morgan fingerprint density at radius 2 is 1.00 bits per heavy atom. The molecule has 0 saturated carbocycles. The van der Waals surface area contributed by atoms with Gasteiger partial charge in [0.15, 0.2) is 0 Å². The van der Waals surface area contributed by atoms with Gasteiger partial charge in [-0.25, -0.2) is 0 Å². The summed E-state index contributed by atoms with van der Waals surface area (Å²) in [6, 6.07) is 56.5. The van der Waals surface area contributed by atoms with E-state index in [1.165, 1.54) is 33.4 Å². The van der Waals surface area contributed by atoms with Gasteiger partial charge in [-0.3, -0.25) is 0 Å². The van der Waals surface area contributed by atoms with Gasteiger partial charge in [0.1, 0.15) is 22.3 Å². The Bertz CT molecular complexity index is 2550. The monoisotopic (exact) mass is 574 g/mol. The molecular formula is C43H26O2. The molecule has 0 unspecified atom stereocenters. The number of para-hydroxylation sites is 2. The Morgan fingerprint density at radius 1 is 0.356 bits per heavy atom. The summed E-state index contributed by atoms with van der Waals surface area (Å²) >= 11 is 0. The molecule has 0 aliphatic heterocycles. The molecule has 2 heteroatoms. The topological polar surface area (TPSA) is 26.3 Å². The van der Waals surface area contributed by atoms with Gasteiger partial charge < -0.3 is 8.83 Å². The molecule has 0 radical (unpaired) electrons. The van der Waals surface area contributed by atoms with Gasteiger partial charge in [0.2, 0.25) is 0 Å². The molecule has 2 nitrogen and oxygen atoms in total. The van der Waals surface area contributed by atoms with Crippen molar-refractivity contribution in [1.29, 1.82) is 0 Å². The molecule has 0 amide bonds. The van der Waals surface area contributed by atoms with Crippen molar-refractivity contribution < 1.29 is 8.83 Å². The van der Waals surface area contributed by atoms with E-state index >= 15 is 0 Å².